The van der Waals surface area contributed by atoms with Gasteiger partial charge in [0, 0.05) is 30.7 Å². The molecule has 20 heavy (non-hydrogen) atoms. The Morgan fingerprint density at radius 2 is 1.75 bits per heavy atom. The van der Waals surface area contributed by atoms with Crippen LogP contribution in [-0.2, 0) is 0 Å². The summed E-state index contributed by atoms with van der Waals surface area (Å²) in [5.41, 5.74) is -1.00. The second-order valence-electron chi connectivity index (χ2n) is 5.77. The van der Waals surface area contributed by atoms with Crippen LogP contribution in [0.1, 0.15) is 27.2 Å². The summed E-state index contributed by atoms with van der Waals surface area (Å²) in [5, 5.41) is 3.25. The van der Waals surface area contributed by atoms with Gasteiger partial charge in [-0.2, -0.15) is 0 Å². The van der Waals surface area contributed by atoms with E-state index in [-0.39, 0.29) is 18.7 Å². The molecule has 0 aliphatic carbocycles. The molecule has 1 heterocycles. The highest BCUT2D eigenvalue weighted by molar-refractivity contribution is 5.52. The summed E-state index contributed by atoms with van der Waals surface area (Å²) in [5.74, 6) is -5.41. The standard InChI is InChI=1S/C14H18F4N2/c1-4-8-6-19-14(2,3)7-20(8)13-11(17)9(15)5-10(16)12(13)18/h5,8,19H,4,6-7H2,1-3H3. The summed E-state index contributed by atoms with van der Waals surface area (Å²) in [4.78, 5) is 1.42. The van der Waals surface area contributed by atoms with Gasteiger partial charge in [-0.15, -0.1) is 0 Å². The van der Waals surface area contributed by atoms with E-state index in [4.69, 9.17) is 0 Å². The first-order valence-corrected chi connectivity index (χ1v) is 6.61. The predicted molar refractivity (Wildman–Crippen MR) is 69.8 cm³/mol. The van der Waals surface area contributed by atoms with E-state index >= 15 is 0 Å². The van der Waals surface area contributed by atoms with E-state index in [0.717, 1.165) is 0 Å². The average molecular weight is 290 g/mol. The van der Waals surface area contributed by atoms with E-state index in [9.17, 15) is 17.6 Å². The Hall–Kier alpha value is -1.30. The van der Waals surface area contributed by atoms with Gasteiger partial charge in [0.2, 0.25) is 0 Å². The second-order valence-corrected chi connectivity index (χ2v) is 5.77. The molecule has 0 spiro atoms. The third-order valence-corrected chi connectivity index (χ3v) is 3.67. The molecule has 1 N–H and O–H groups in total. The van der Waals surface area contributed by atoms with Gasteiger partial charge in [0.25, 0.3) is 0 Å². The lowest BCUT2D eigenvalue weighted by Crippen LogP contribution is -2.62. The molecule has 1 aromatic carbocycles. The van der Waals surface area contributed by atoms with E-state index in [1.165, 1.54) is 4.90 Å². The van der Waals surface area contributed by atoms with Gasteiger partial charge < -0.3 is 10.2 Å². The Kier molecular flexibility index (Phi) is 3.95. The van der Waals surface area contributed by atoms with E-state index < -0.39 is 34.5 Å². The Balaban J connectivity index is 2.52. The maximum Gasteiger partial charge on any atom is 0.185 e. The van der Waals surface area contributed by atoms with E-state index in [2.05, 4.69) is 5.32 Å². The number of nitrogens with zero attached hydrogens (tertiary/aromatic N) is 1. The number of benzene rings is 1. The van der Waals surface area contributed by atoms with Crippen LogP contribution >= 0.6 is 0 Å². The number of halogens is 4. The number of nitrogens with one attached hydrogen (secondary N) is 1. The maximum absolute atomic E-state index is 13.9. The molecule has 0 bridgehead atoms. The molecule has 0 aromatic heterocycles. The van der Waals surface area contributed by atoms with Gasteiger partial charge in [-0.3, -0.25) is 0 Å². The van der Waals surface area contributed by atoms with Crippen molar-refractivity contribution in [2.45, 2.75) is 38.8 Å². The largest absolute Gasteiger partial charge is 0.361 e. The second kappa shape index (κ2) is 5.24. The summed E-state index contributed by atoms with van der Waals surface area (Å²) in [7, 11) is 0. The van der Waals surface area contributed by atoms with Crippen LogP contribution in [0.2, 0.25) is 0 Å². The van der Waals surface area contributed by atoms with Crippen LogP contribution in [-0.4, -0.2) is 24.7 Å². The minimum Gasteiger partial charge on any atom is -0.361 e. The van der Waals surface area contributed by atoms with Crippen molar-refractivity contribution in [2.75, 3.05) is 18.0 Å². The molecular formula is C14H18F4N2. The highest BCUT2D eigenvalue weighted by Crippen LogP contribution is 2.32. The smallest absolute Gasteiger partial charge is 0.185 e. The molecule has 1 aromatic rings. The van der Waals surface area contributed by atoms with Crippen molar-refractivity contribution in [1.29, 1.82) is 0 Å². The first-order valence-electron chi connectivity index (χ1n) is 6.61. The number of anilines is 1. The van der Waals surface area contributed by atoms with Crippen molar-refractivity contribution in [3.8, 4) is 0 Å². The minimum absolute atomic E-state index is 0.215. The van der Waals surface area contributed by atoms with Crippen molar-refractivity contribution in [3.63, 3.8) is 0 Å². The molecular weight excluding hydrogens is 272 g/mol. The minimum atomic E-state index is -1.37. The Bertz CT molecular complexity index is 490. The number of hydrogen-bond donors (Lipinski definition) is 1. The van der Waals surface area contributed by atoms with Gasteiger partial charge in [0.05, 0.1) is 0 Å². The lowest BCUT2D eigenvalue weighted by atomic mass is 9.96. The molecule has 1 fully saturated rings. The summed E-state index contributed by atoms with van der Waals surface area (Å²) in [6.45, 7) is 6.38. The average Bonchev–Trinajstić information content (AvgIpc) is 2.36. The summed E-state index contributed by atoms with van der Waals surface area (Å²) < 4.78 is 54.6. The summed E-state index contributed by atoms with van der Waals surface area (Å²) in [6, 6.07) is 0.0239. The Morgan fingerprint density at radius 1 is 1.20 bits per heavy atom. The van der Waals surface area contributed by atoms with Crippen LogP contribution in [0.25, 0.3) is 0 Å². The molecule has 1 unspecified atom stereocenters. The van der Waals surface area contributed by atoms with E-state index in [1.807, 2.05) is 20.8 Å². The summed E-state index contributed by atoms with van der Waals surface area (Å²) >= 11 is 0. The third-order valence-electron chi connectivity index (χ3n) is 3.67. The molecule has 2 rings (SSSR count). The van der Waals surface area contributed by atoms with Crippen molar-refractivity contribution < 1.29 is 17.6 Å². The van der Waals surface area contributed by atoms with Crippen LogP contribution in [0.5, 0.6) is 0 Å². The first kappa shape index (κ1) is 15.1. The zero-order valence-corrected chi connectivity index (χ0v) is 11.7. The van der Waals surface area contributed by atoms with E-state index in [0.29, 0.717) is 13.0 Å². The van der Waals surface area contributed by atoms with Crippen LogP contribution < -0.4 is 10.2 Å². The quantitative estimate of drug-likeness (QED) is 0.664. The zero-order valence-electron chi connectivity index (χ0n) is 11.7. The van der Waals surface area contributed by atoms with Crippen LogP contribution in [0.15, 0.2) is 6.07 Å². The van der Waals surface area contributed by atoms with Crippen molar-refractivity contribution in [2.24, 2.45) is 0 Å². The fourth-order valence-corrected chi connectivity index (χ4v) is 2.55. The highest BCUT2D eigenvalue weighted by Gasteiger charge is 2.36. The zero-order chi connectivity index (χ0) is 15.1. The van der Waals surface area contributed by atoms with Crippen molar-refractivity contribution in [3.05, 3.63) is 29.3 Å². The Labute approximate surface area is 115 Å². The van der Waals surface area contributed by atoms with Crippen molar-refractivity contribution in [1.82, 2.24) is 5.32 Å². The molecule has 1 saturated heterocycles. The normalized spacial score (nSPS) is 22.1. The molecule has 112 valence electrons. The van der Waals surface area contributed by atoms with Gasteiger partial charge in [-0.1, -0.05) is 6.92 Å². The monoisotopic (exact) mass is 290 g/mol. The van der Waals surface area contributed by atoms with Crippen LogP contribution in [0.4, 0.5) is 23.2 Å². The lowest BCUT2D eigenvalue weighted by Gasteiger charge is -2.45. The van der Waals surface area contributed by atoms with Gasteiger partial charge in [0.15, 0.2) is 23.3 Å². The van der Waals surface area contributed by atoms with Gasteiger partial charge in [0.1, 0.15) is 5.69 Å². The topological polar surface area (TPSA) is 15.3 Å². The number of piperazine rings is 1. The molecule has 2 nitrogen and oxygen atoms in total. The van der Waals surface area contributed by atoms with E-state index in [1.54, 1.807) is 0 Å². The molecule has 0 saturated carbocycles. The van der Waals surface area contributed by atoms with Gasteiger partial charge in [-0.25, -0.2) is 17.6 Å². The van der Waals surface area contributed by atoms with Crippen LogP contribution in [0.3, 0.4) is 0 Å². The van der Waals surface area contributed by atoms with Gasteiger partial charge >= 0.3 is 0 Å². The fourth-order valence-electron chi connectivity index (χ4n) is 2.55. The number of rotatable bonds is 2. The third kappa shape index (κ3) is 2.61. The molecule has 0 amide bonds. The molecule has 1 aliphatic rings. The number of hydrogen-bond acceptors (Lipinski definition) is 2. The predicted octanol–water partition coefficient (Wildman–Crippen LogP) is 3.21. The maximum atomic E-state index is 13.9. The molecule has 6 heteroatoms. The van der Waals surface area contributed by atoms with Crippen molar-refractivity contribution >= 4 is 5.69 Å². The fraction of sp³-hybridized carbons (Fsp3) is 0.571. The molecule has 1 atom stereocenters. The first-order chi connectivity index (χ1) is 9.26. The van der Waals surface area contributed by atoms with Gasteiger partial charge in [-0.05, 0) is 20.3 Å². The van der Waals surface area contributed by atoms with Crippen LogP contribution in [0, 0.1) is 23.3 Å². The highest BCUT2D eigenvalue weighted by atomic mass is 19.2. The molecule has 1 aliphatic heterocycles. The Morgan fingerprint density at radius 3 is 2.25 bits per heavy atom. The SMILES string of the molecule is CCC1CNC(C)(C)CN1c1c(F)c(F)cc(F)c1F. The molecule has 0 radical (unpaired) electrons. The lowest BCUT2D eigenvalue weighted by molar-refractivity contribution is 0.299. The summed E-state index contributed by atoms with van der Waals surface area (Å²) in [6.07, 6.45) is 0.611.